The number of halogens is 3. The van der Waals surface area contributed by atoms with E-state index in [1.54, 1.807) is 0 Å². The third-order valence-electron chi connectivity index (χ3n) is 2.24. The van der Waals surface area contributed by atoms with Gasteiger partial charge in [-0.1, -0.05) is 36.2 Å². The van der Waals surface area contributed by atoms with E-state index in [-0.39, 0.29) is 6.61 Å². The standard InChI is InChI=1S/C13H16BrCl2NO/c1-2-5-17-8-10-3-4-13(12(14)6-10)18-9-11(16)7-15/h3-4,6-7,17H,2,5,8-9H2,1H3. The average Bonchev–Trinajstić information content (AvgIpc) is 2.37. The Bertz CT molecular complexity index is 410. The molecule has 2 nitrogen and oxygen atoms in total. The van der Waals surface area contributed by atoms with Crippen molar-refractivity contribution < 1.29 is 4.74 Å². The van der Waals surface area contributed by atoms with Crippen LogP contribution in [0.5, 0.6) is 5.75 Å². The number of benzene rings is 1. The van der Waals surface area contributed by atoms with Gasteiger partial charge in [0.15, 0.2) is 0 Å². The van der Waals surface area contributed by atoms with Gasteiger partial charge >= 0.3 is 0 Å². The summed E-state index contributed by atoms with van der Waals surface area (Å²) >= 11 is 14.7. The molecule has 0 aliphatic heterocycles. The second kappa shape index (κ2) is 8.81. The van der Waals surface area contributed by atoms with E-state index in [1.807, 2.05) is 18.2 Å². The van der Waals surface area contributed by atoms with Crippen LogP contribution in [0.2, 0.25) is 0 Å². The van der Waals surface area contributed by atoms with Crippen LogP contribution >= 0.6 is 39.1 Å². The molecule has 18 heavy (non-hydrogen) atoms. The molecular weight excluding hydrogens is 337 g/mol. The highest BCUT2D eigenvalue weighted by Gasteiger charge is 2.03. The van der Waals surface area contributed by atoms with Gasteiger partial charge in [0, 0.05) is 12.1 Å². The first-order chi connectivity index (χ1) is 8.67. The van der Waals surface area contributed by atoms with Gasteiger partial charge in [-0.25, -0.2) is 0 Å². The summed E-state index contributed by atoms with van der Waals surface area (Å²) in [7, 11) is 0. The summed E-state index contributed by atoms with van der Waals surface area (Å²) in [4.78, 5) is 0. The minimum absolute atomic E-state index is 0.275. The normalized spacial score (nSPS) is 11.7. The quantitative estimate of drug-likeness (QED) is 0.721. The Morgan fingerprint density at radius 2 is 2.28 bits per heavy atom. The Labute approximate surface area is 126 Å². The summed E-state index contributed by atoms with van der Waals surface area (Å²) in [5, 5.41) is 3.82. The zero-order valence-electron chi connectivity index (χ0n) is 10.2. The van der Waals surface area contributed by atoms with Gasteiger partial charge in [-0.15, -0.1) is 0 Å². The van der Waals surface area contributed by atoms with Gasteiger partial charge in [-0.3, -0.25) is 0 Å². The Morgan fingerprint density at radius 3 is 2.89 bits per heavy atom. The molecule has 1 rings (SSSR count). The third kappa shape index (κ3) is 5.61. The minimum atomic E-state index is 0.275. The maximum absolute atomic E-state index is 5.76. The van der Waals surface area contributed by atoms with Crippen molar-refractivity contribution in [1.29, 1.82) is 0 Å². The molecule has 0 unspecified atom stereocenters. The lowest BCUT2D eigenvalue weighted by Gasteiger charge is -2.09. The van der Waals surface area contributed by atoms with E-state index in [0.29, 0.717) is 5.03 Å². The van der Waals surface area contributed by atoms with Crippen molar-refractivity contribution in [3.8, 4) is 5.75 Å². The van der Waals surface area contributed by atoms with Crippen LogP contribution in [0, 0.1) is 0 Å². The number of ether oxygens (including phenoxy) is 1. The highest BCUT2D eigenvalue weighted by molar-refractivity contribution is 9.10. The molecule has 0 aliphatic carbocycles. The first-order valence-electron chi connectivity index (χ1n) is 5.74. The van der Waals surface area contributed by atoms with E-state index in [1.165, 1.54) is 11.1 Å². The van der Waals surface area contributed by atoms with Gasteiger partial charge in [0.25, 0.3) is 0 Å². The van der Waals surface area contributed by atoms with Gasteiger partial charge in [0.1, 0.15) is 12.4 Å². The fourth-order valence-corrected chi connectivity index (χ4v) is 2.02. The second-order valence-corrected chi connectivity index (χ2v) is 5.34. The summed E-state index contributed by atoms with van der Waals surface area (Å²) in [6, 6.07) is 5.99. The van der Waals surface area contributed by atoms with Crippen molar-refractivity contribution in [3.63, 3.8) is 0 Å². The number of rotatable bonds is 7. The topological polar surface area (TPSA) is 21.3 Å². The maximum Gasteiger partial charge on any atom is 0.134 e. The van der Waals surface area contributed by atoms with Crippen LogP contribution in [0.15, 0.2) is 33.2 Å². The first kappa shape index (κ1) is 15.8. The molecule has 0 atom stereocenters. The molecule has 0 amide bonds. The Morgan fingerprint density at radius 1 is 1.50 bits per heavy atom. The van der Waals surface area contributed by atoms with Crippen LogP contribution < -0.4 is 10.1 Å². The van der Waals surface area contributed by atoms with Crippen LogP contribution in [0.25, 0.3) is 0 Å². The molecule has 1 aromatic rings. The van der Waals surface area contributed by atoms with Gasteiger partial charge in [-0.2, -0.15) is 0 Å². The average molecular weight is 353 g/mol. The molecule has 100 valence electrons. The third-order valence-corrected chi connectivity index (χ3v) is 3.45. The van der Waals surface area contributed by atoms with Crippen LogP contribution in [0.3, 0.4) is 0 Å². The van der Waals surface area contributed by atoms with Gasteiger partial charge in [-0.05, 0) is 46.6 Å². The summed E-state index contributed by atoms with van der Waals surface area (Å²) in [6.07, 6.45) is 1.13. The fraction of sp³-hybridized carbons (Fsp3) is 0.385. The summed E-state index contributed by atoms with van der Waals surface area (Å²) in [5.74, 6) is 0.755. The SMILES string of the molecule is CCCNCc1ccc(OCC(Cl)=CCl)c(Br)c1. The van der Waals surface area contributed by atoms with Gasteiger partial charge in [0.2, 0.25) is 0 Å². The lowest BCUT2D eigenvalue weighted by Crippen LogP contribution is -2.13. The van der Waals surface area contributed by atoms with Crippen molar-refractivity contribution in [2.75, 3.05) is 13.2 Å². The van der Waals surface area contributed by atoms with Crippen LogP contribution in [0.1, 0.15) is 18.9 Å². The second-order valence-electron chi connectivity index (χ2n) is 3.79. The largest absolute Gasteiger partial charge is 0.487 e. The van der Waals surface area contributed by atoms with Crippen LogP contribution in [-0.4, -0.2) is 13.2 Å². The van der Waals surface area contributed by atoms with E-state index >= 15 is 0 Å². The number of nitrogens with one attached hydrogen (secondary N) is 1. The highest BCUT2D eigenvalue weighted by atomic mass is 79.9. The minimum Gasteiger partial charge on any atom is -0.487 e. The Balaban J connectivity index is 2.56. The maximum atomic E-state index is 5.76. The molecule has 0 spiro atoms. The molecule has 0 saturated carbocycles. The van der Waals surface area contributed by atoms with Crippen molar-refractivity contribution in [3.05, 3.63) is 38.8 Å². The lowest BCUT2D eigenvalue weighted by atomic mass is 10.2. The van der Waals surface area contributed by atoms with Gasteiger partial charge in [0.05, 0.1) is 9.51 Å². The van der Waals surface area contributed by atoms with Crippen LogP contribution in [0.4, 0.5) is 0 Å². The van der Waals surface area contributed by atoms with E-state index in [0.717, 1.165) is 29.7 Å². The summed E-state index contributed by atoms with van der Waals surface area (Å²) in [5.41, 5.74) is 2.51. The van der Waals surface area contributed by atoms with E-state index in [4.69, 9.17) is 27.9 Å². The predicted octanol–water partition coefficient (Wildman–Crippen LogP) is 4.65. The van der Waals surface area contributed by atoms with Crippen molar-refractivity contribution in [2.45, 2.75) is 19.9 Å². The molecule has 0 bridgehead atoms. The number of hydrogen-bond donors (Lipinski definition) is 1. The molecule has 0 aromatic heterocycles. The molecule has 0 saturated heterocycles. The van der Waals surface area contributed by atoms with E-state index < -0.39 is 0 Å². The van der Waals surface area contributed by atoms with E-state index in [9.17, 15) is 0 Å². The highest BCUT2D eigenvalue weighted by Crippen LogP contribution is 2.26. The van der Waals surface area contributed by atoms with Gasteiger partial charge < -0.3 is 10.1 Å². The molecule has 1 N–H and O–H groups in total. The molecule has 0 heterocycles. The summed E-state index contributed by atoms with van der Waals surface area (Å²) in [6.45, 7) is 4.30. The first-order valence-corrected chi connectivity index (χ1v) is 7.34. The molecule has 0 aliphatic rings. The zero-order valence-corrected chi connectivity index (χ0v) is 13.3. The molecule has 5 heteroatoms. The van der Waals surface area contributed by atoms with Crippen molar-refractivity contribution in [2.24, 2.45) is 0 Å². The van der Waals surface area contributed by atoms with E-state index in [2.05, 4.69) is 28.2 Å². The smallest absolute Gasteiger partial charge is 0.134 e. The predicted molar refractivity (Wildman–Crippen MR) is 81.4 cm³/mol. The molecule has 1 aromatic carbocycles. The lowest BCUT2D eigenvalue weighted by molar-refractivity contribution is 0.357. The fourth-order valence-electron chi connectivity index (χ4n) is 1.36. The zero-order chi connectivity index (χ0) is 13.4. The Kier molecular flexibility index (Phi) is 7.75. The molecule has 0 fully saturated rings. The van der Waals surface area contributed by atoms with Crippen molar-refractivity contribution in [1.82, 2.24) is 5.32 Å². The van der Waals surface area contributed by atoms with Crippen LogP contribution in [-0.2, 0) is 6.54 Å². The Hall–Kier alpha value is -0.220. The summed E-state index contributed by atoms with van der Waals surface area (Å²) < 4.78 is 6.43. The monoisotopic (exact) mass is 351 g/mol. The molecule has 0 radical (unpaired) electrons. The molecular formula is C13H16BrCl2NO. The van der Waals surface area contributed by atoms with Crippen molar-refractivity contribution >= 4 is 39.1 Å². The number of hydrogen-bond acceptors (Lipinski definition) is 2.